The van der Waals surface area contributed by atoms with Gasteiger partial charge in [0.25, 0.3) is 0 Å². The quantitative estimate of drug-likeness (QED) is 0.0305. The smallest absolute Gasteiger partial charge is 0.326 e. The summed E-state index contributed by atoms with van der Waals surface area (Å²) in [6.45, 7) is 4.98. The standard InChI is InChI=1S/C42H66N10O11/c1-24(2)20-29(37(58)51-32(41(62)63)22-27-14-9-6-10-15-27)48-39(60)31(23-35(55)56)50-38(59)30(21-26-12-7-5-8-13-26)49-36(57)28(17-18-34(43)54)47-40(61)33(52(4)25(3)53)16-11-19-46-42(44)45/h6,9-10,14-15,24,26,28-33H,5,7-8,11-13,16-23H2,1-4H3,(H2,43,54)(H,47,61)(H,48,60)(H,49,57)(H,50,59)(H,51,58)(H,55,56)(H,62,63)(H4,44,45,46)/t28-,29-,30-,31-,32-,33-/m0/s1. The van der Waals surface area contributed by atoms with Crippen molar-refractivity contribution in [3.8, 4) is 0 Å². The first-order valence-corrected chi connectivity index (χ1v) is 21.3. The van der Waals surface area contributed by atoms with Gasteiger partial charge in [0.1, 0.15) is 36.3 Å². The zero-order valence-electron chi connectivity index (χ0n) is 36.6. The molecule has 0 bridgehead atoms. The summed E-state index contributed by atoms with van der Waals surface area (Å²) in [5.74, 6) is -9.03. The molecule has 1 aromatic carbocycles. The lowest BCUT2D eigenvalue weighted by Crippen LogP contribution is -2.60. The zero-order chi connectivity index (χ0) is 47.2. The Hall–Kier alpha value is -6.28. The van der Waals surface area contributed by atoms with E-state index in [2.05, 4.69) is 31.9 Å². The minimum absolute atomic E-state index is 0.0279. The van der Waals surface area contributed by atoms with Crippen LogP contribution in [-0.2, 0) is 49.6 Å². The first-order valence-electron chi connectivity index (χ1n) is 21.3. The van der Waals surface area contributed by atoms with Crippen molar-refractivity contribution in [2.75, 3.05) is 13.6 Å². The van der Waals surface area contributed by atoms with Crippen LogP contribution in [0.25, 0.3) is 0 Å². The van der Waals surface area contributed by atoms with Gasteiger partial charge in [-0.2, -0.15) is 0 Å². The minimum Gasteiger partial charge on any atom is -0.481 e. The normalized spacial score (nSPS) is 15.5. The van der Waals surface area contributed by atoms with E-state index >= 15 is 0 Å². The molecular formula is C42H66N10O11. The van der Waals surface area contributed by atoms with Gasteiger partial charge in [0, 0.05) is 33.4 Å². The molecule has 21 heteroatoms. The maximum absolute atomic E-state index is 14.1. The predicted octanol–water partition coefficient (Wildman–Crippen LogP) is -0.395. The number of rotatable bonds is 27. The fraction of sp³-hybridized carbons (Fsp3) is 0.619. The molecule has 13 N–H and O–H groups in total. The number of nitrogens with one attached hydrogen (secondary N) is 7. The largest absolute Gasteiger partial charge is 0.481 e. The summed E-state index contributed by atoms with van der Waals surface area (Å²) in [5, 5.41) is 42.3. The first-order chi connectivity index (χ1) is 29.7. The van der Waals surface area contributed by atoms with Gasteiger partial charge in [-0.3, -0.25) is 43.8 Å². The Kier molecular flexibility index (Phi) is 22.6. The number of hydrogen-bond donors (Lipinski definition) is 11. The zero-order valence-corrected chi connectivity index (χ0v) is 36.6. The lowest BCUT2D eigenvalue weighted by atomic mass is 9.84. The second kappa shape index (κ2) is 26.9. The van der Waals surface area contributed by atoms with E-state index in [9.17, 15) is 53.4 Å². The van der Waals surface area contributed by atoms with Gasteiger partial charge in [0.05, 0.1) is 6.42 Å². The van der Waals surface area contributed by atoms with Gasteiger partial charge >= 0.3 is 11.9 Å². The molecule has 0 heterocycles. The summed E-state index contributed by atoms with van der Waals surface area (Å²) in [4.78, 5) is 119. The fourth-order valence-corrected chi connectivity index (χ4v) is 7.28. The van der Waals surface area contributed by atoms with Gasteiger partial charge in [-0.1, -0.05) is 76.3 Å². The molecule has 0 aromatic heterocycles. The molecule has 21 nitrogen and oxygen atoms in total. The Balaban J connectivity index is 2.39. The molecular weight excluding hydrogens is 821 g/mol. The van der Waals surface area contributed by atoms with Crippen LogP contribution in [0.5, 0.6) is 0 Å². The summed E-state index contributed by atoms with van der Waals surface area (Å²) in [5.41, 5.74) is 11.4. The Morgan fingerprint density at radius 1 is 0.746 bits per heavy atom. The van der Waals surface area contributed by atoms with E-state index in [4.69, 9.17) is 16.9 Å². The molecule has 0 spiro atoms. The summed E-state index contributed by atoms with van der Waals surface area (Å²) in [7, 11) is 1.40. The number of guanidine groups is 1. The molecule has 0 unspecified atom stereocenters. The van der Waals surface area contributed by atoms with Gasteiger partial charge in [-0.05, 0) is 49.5 Å². The number of amides is 7. The van der Waals surface area contributed by atoms with Crippen molar-refractivity contribution in [1.82, 2.24) is 36.8 Å². The highest BCUT2D eigenvalue weighted by molar-refractivity contribution is 5.98. The summed E-state index contributed by atoms with van der Waals surface area (Å²) >= 11 is 0. The number of nitrogens with two attached hydrogens (primary N) is 2. The molecule has 0 aliphatic heterocycles. The molecule has 350 valence electrons. The van der Waals surface area contributed by atoms with Gasteiger partial charge < -0.3 is 58.5 Å². The average molecular weight is 887 g/mol. The van der Waals surface area contributed by atoms with Crippen LogP contribution in [0.1, 0.15) is 103 Å². The lowest BCUT2D eigenvalue weighted by Gasteiger charge is -2.31. The van der Waals surface area contributed by atoms with E-state index in [-0.39, 0.29) is 62.9 Å². The van der Waals surface area contributed by atoms with Crippen molar-refractivity contribution in [3.05, 3.63) is 35.9 Å². The van der Waals surface area contributed by atoms with Crippen LogP contribution < -0.4 is 43.4 Å². The Morgan fingerprint density at radius 2 is 1.29 bits per heavy atom. The highest BCUT2D eigenvalue weighted by atomic mass is 16.4. The van der Waals surface area contributed by atoms with Crippen molar-refractivity contribution >= 4 is 59.2 Å². The summed E-state index contributed by atoms with van der Waals surface area (Å²) in [6, 6.07) is 0.242. The number of nitrogens with zero attached hydrogens (tertiary/aromatic N) is 1. The maximum Gasteiger partial charge on any atom is 0.326 e. The van der Waals surface area contributed by atoms with Crippen LogP contribution in [0, 0.1) is 17.2 Å². The monoisotopic (exact) mass is 886 g/mol. The van der Waals surface area contributed by atoms with Crippen LogP contribution in [0.3, 0.4) is 0 Å². The minimum atomic E-state index is -1.76. The van der Waals surface area contributed by atoms with Crippen molar-refractivity contribution in [1.29, 1.82) is 5.41 Å². The van der Waals surface area contributed by atoms with Crippen LogP contribution in [0.15, 0.2) is 30.3 Å². The summed E-state index contributed by atoms with van der Waals surface area (Å²) < 4.78 is 0. The highest BCUT2D eigenvalue weighted by Crippen LogP contribution is 2.27. The Bertz CT molecular complexity index is 1760. The molecule has 7 amide bonds. The fourth-order valence-electron chi connectivity index (χ4n) is 7.28. The number of carbonyl (C=O) groups excluding carboxylic acids is 7. The Morgan fingerprint density at radius 3 is 1.84 bits per heavy atom. The molecule has 6 atom stereocenters. The third kappa shape index (κ3) is 20.0. The van der Waals surface area contributed by atoms with Gasteiger partial charge in [0.15, 0.2) is 5.96 Å². The van der Waals surface area contributed by atoms with E-state index in [0.717, 1.165) is 19.3 Å². The molecule has 0 saturated heterocycles. The average Bonchev–Trinajstić information content (AvgIpc) is 3.21. The van der Waals surface area contributed by atoms with E-state index in [0.29, 0.717) is 24.8 Å². The molecule has 1 fully saturated rings. The maximum atomic E-state index is 14.1. The number of likely N-dealkylation sites (N-methyl/N-ethyl adjacent to an activating group) is 1. The molecule has 1 saturated carbocycles. The van der Waals surface area contributed by atoms with Gasteiger partial charge in [-0.25, -0.2) is 4.79 Å². The highest BCUT2D eigenvalue weighted by Gasteiger charge is 2.36. The van der Waals surface area contributed by atoms with Crippen LogP contribution >= 0.6 is 0 Å². The third-order valence-corrected chi connectivity index (χ3v) is 10.7. The molecule has 1 aliphatic carbocycles. The predicted molar refractivity (Wildman–Crippen MR) is 230 cm³/mol. The topological polar surface area (TPSA) is 345 Å². The SMILES string of the molecule is CC(=O)N(C)[C@@H](CCCNC(=N)N)C(=O)N[C@@H](CCC(N)=O)C(=O)N[C@@H](CC1CCCCC1)C(=O)N[C@@H](CC(=O)O)C(=O)N[C@@H](CC(C)C)C(=O)N[C@@H](Cc1ccccc1)C(=O)O. The Labute approximate surface area is 367 Å². The lowest BCUT2D eigenvalue weighted by molar-refractivity contribution is -0.143. The van der Waals surface area contributed by atoms with E-state index < -0.39 is 96.0 Å². The van der Waals surface area contributed by atoms with Crippen molar-refractivity contribution in [2.45, 2.75) is 140 Å². The molecule has 2 rings (SSSR count). The second-order valence-electron chi connectivity index (χ2n) is 16.4. The van der Waals surface area contributed by atoms with Gasteiger partial charge in [0.2, 0.25) is 41.4 Å². The number of carboxylic acid groups (broad SMARTS) is 2. The van der Waals surface area contributed by atoms with Crippen LogP contribution in [0.4, 0.5) is 0 Å². The van der Waals surface area contributed by atoms with Crippen LogP contribution in [-0.4, -0.2) is 124 Å². The molecule has 63 heavy (non-hydrogen) atoms. The van der Waals surface area contributed by atoms with Crippen molar-refractivity contribution in [3.63, 3.8) is 0 Å². The van der Waals surface area contributed by atoms with E-state index in [1.807, 2.05) is 0 Å². The van der Waals surface area contributed by atoms with Crippen LogP contribution in [0.2, 0.25) is 0 Å². The molecule has 0 radical (unpaired) electrons. The van der Waals surface area contributed by atoms with E-state index in [1.54, 1.807) is 44.2 Å². The first kappa shape index (κ1) is 52.9. The summed E-state index contributed by atoms with van der Waals surface area (Å²) in [6.07, 6.45) is 2.98. The van der Waals surface area contributed by atoms with Crippen molar-refractivity contribution in [2.24, 2.45) is 23.3 Å². The second-order valence-corrected chi connectivity index (χ2v) is 16.4. The molecule has 1 aromatic rings. The number of hydrogen-bond acceptors (Lipinski definition) is 10. The number of benzene rings is 1. The number of carboxylic acids is 2. The number of aliphatic carboxylic acids is 2. The molecule has 1 aliphatic rings. The number of carbonyl (C=O) groups is 9. The van der Waals surface area contributed by atoms with Crippen molar-refractivity contribution < 1.29 is 53.4 Å². The van der Waals surface area contributed by atoms with E-state index in [1.165, 1.54) is 18.9 Å². The van der Waals surface area contributed by atoms with Gasteiger partial charge in [-0.15, -0.1) is 0 Å². The third-order valence-electron chi connectivity index (χ3n) is 10.7. The number of primary amides is 1.